The molecule has 28 nitrogen and oxygen atoms in total. The van der Waals surface area contributed by atoms with Gasteiger partial charge in [0.05, 0.1) is 96.2 Å². The molecule has 640 valence electrons. The van der Waals surface area contributed by atoms with Crippen molar-refractivity contribution in [2.45, 2.75) is 152 Å². The number of ether oxygens (including phenoxy) is 1. The number of hydrogen-bond donors (Lipinski definition) is 6. The van der Waals surface area contributed by atoms with E-state index >= 15 is 0 Å². The van der Waals surface area contributed by atoms with Gasteiger partial charge < -0.3 is 16.2 Å². The number of aryl methyl sites for hydroxylation is 4. The third-order valence-electron chi connectivity index (χ3n) is 20.3. The molecule has 0 saturated heterocycles. The van der Waals surface area contributed by atoms with Gasteiger partial charge in [0.25, 0.3) is 40.1 Å². The topological polar surface area (TPSA) is 382 Å². The maximum absolute atomic E-state index is 13.1. The average molecular weight is 1740 g/mol. The van der Waals surface area contributed by atoms with Crippen LogP contribution in [0.25, 0.3) is 66.2 Å². The Hall–Kier alpha value is -13.4. The number of para-hydroxylation sites is 1. The largest absolute Gasteiger partial charge is 0.494 e. The summed E-state index contributed by atoms with van der Waals surface area (Å²) in [7, 11) is -13.7. The van der Waals surface area contributed by atoms with Crippen LogP contribution in [0.15, 0.2) is 263 Å². The molecular formula is C92H99N19O9S4. The molecule has 16 aromatic rings. The van der Waals surface area contributed by atoms with Crippen molar-refractivity contribution in [3.63, 3.8) is 0 Å². The molecule has 0 amide bonds. The quantitative estimate of drug-likeness (QED) is 0.0493. The number of sulfonamides is 4. The van der Waals surface area contributed by atoms with Crippen molar-refractivity contribution in [3.05, 3.63) is 288 Å². The van der Waals surface area contributed by atoms with Crippen molar-refractivity contribution in [2.75, 3.05) is 37.5 Å². The maximum atomic E-state index is 13.1. The predicted octanol–water partition coefficient (Wildman–Crippen LogP) is 17.9. The lowest BCUT2D eigenvalue weighted by molar-refractivity contribution is 0.418. The molecule has 0 unspecified atom stereocenters. The Labute approximate surface area is 722 Å². The number of methoxy groups -OCH3 is 1. The molecule has 8 heterocycles. The zero-order valence-corrected chi connectivity index (χ0v) is 75.1. The second-order valence-corrected chi connectivity index (χ2v) is 40.7. The van der Waals surface area contributed by atoms with Crippen molar-refractivity contribution in [3.8, 4) is 28.6 Å². The van der Waals surface area contributed by atoms with E-state index < -0.39 is 40.1 Å². The number of aromatic nitrogens is 13. The van der Waals surface area contributed by atoms with Crippen LogP contribution < -0.4 is 35.1 Å². The van der Waals surface area contributed by atoms with Crippen LogP contribution in [0.5, 0.6) is 5.75 Å². The molecule has 0 aliphatic rings. The van der Waals surface area contributed by atoms with Crippen molar-refractivity contribution in [2.24, 2.45) is 0 Å². The van der Waals surface area contributed by atoms with Crippen LogP contribution in [0, 0.1) is 27.7 Å². The van der Waals surface area contributed by atoms with Crippen molar-refractivity contribution >= 4 is 118 Å². The molecule has 8 N–H and O–H groups in total. The van der Waals surface area contributed by atoms with Crippen LogP contribution >= 0.6 is 0 Å². The fourth-order valence-electron chi connectivity index (χ4n) is 13.7. The predicted molar refractivity (Wildman–Crippen MR) is 491 cm³/mol. The van der Waals surface area contributed by atoms with Crippen molar-refractivity contribution in [1.82, 2.24) is 64.3 Å². The number of pyridine rings is 3. The number of nitrogens with one attached hydrogen (secondary N) is 4. The Bertz CT molecular complexity index is 7150. The zero-order valence-electron chi connectivity index (χ0n) is 71.9. The molecule has 0 bridgehead atoms. The van der Waals surface area contributed by atoms with Crippen LogP contribution in [-0.4, -0.2) is 105 Å². The average Bonchev–Trinajstić information content (AvgIpc) is 1.59. The number of fused-ring (bicyclic) bond motifs is 4. The van der Waals surface area contributed by atoms with Gasteiger partial charge in [-0.2, -0.15) is 35.3 Å². The number of nitrogens with two attached hydrogens (primary N) is 2. The highest BCUT2D eigenvalue weighted by atomic mass is 32.2. The van der Waals surface area contributed by atoms with Crippen LogP contribution in [0.4, 0.5) is 34.9 Å². The summed E-state index contributed by atoms with van der Waals surface area (Å²) in [5, 5.41) is 31.0. The SMILES string of the molecule is COc1cnc(-n2nc(C)cc2NS(=O)(=O)c2ccc(C(C)(C)C)cc2)c2ccccc12.Cc1cc(NS(=O)(=O)c2ccc(C(C)(C)C)cc2)n(-c2cc(N)nc3ccccc23)n1.Cc1cc(NS(=O)(=O)c2ccc(C(C)(C)C)cc2)n(-c2cnc(N)c3ccccc23)n1.Cc1cc(NS(=O)(=O)c2ccc(C(C)(C)C)cc2)n(-c2cnnc3ccccc23)n1. The summed E-state index contributed by atoms with van der Waals surface area (Å²) in [5.74, 6) is 3.18. The maximum Gasteiger partial charge on any atom is 0.263 e. The van der Waals surface area contributed by atoms with E-state index in [1.807, 2.05) is 153 Å². The third-order valence-corrected chi connectivity index (χ3v) is 25.8. The van der Waals surface area contributed by atoms with Crippen LogP contribution in [0.3, 0.4) is 0 Å². The lowest BCUT2D eigenvalue weighted by atomic mass is 9.87. The second kappa shape index (κ2) is 34.5. The van der Waals surface area contributed by atoms with E-state index in [4.69, 9.17) is 16.2 Å². The van der Waals surface area contributed by atoms with Crippen LogP contribution in [0.1, 0.15) is 128 Å². The van der Waals surface area contributed by atoms with E-state index in [-0.39, 0.29) is 41.2 Å². The van der Waals surface area contributed by atoms with Gasteiger partial charge in [-0.15, -0.1) is 0 Å². The highest BCUT2D eigenvalue weighted by Gasteiger charge is 2.28. The second-order valence-electron chi connectivity index (χ2n) is 34.0. The number of anilines is 6. The first-order chi connectivity index (χ1) is 58.3. The van der Waals surface area contributed by atoms with Crippen LogP contribution in [-0.2, 0) is 61.8 Å². The Morgan fingerprint density at radius 2 is 0.645 bits per heavy atom. The van der Waals surface area contributed by atoms with Gasteiger partial charge in [-0.3, -0.25) is 18.9 Å². The lowest BCUT2D eigenvalue weighted by Crippen LogP contribution is -2.17. The number of rotatable bonds is 17. The molecule has 16 rings (SSSR count). The molecule has 124 heavy (non-hydrogen) atoms. The van der Waals surface area contributed by atoms with E-state index in [1.165, 1.54) is 4.68 Å². The summed E-state index contributed by atoms with van der Waals surface area (Å²) in [6.07, 6.45) is 4.78. The molecule has 0 fully saturated rings. The van der Waals surface area contributed by atoms with Gasteiger partial charge in [0.15, 0.2) is 5.82 Å². The fourth-order valence-corrected chi connectivity index (χ4v) is 17.8. The normalized spacial score (nSPS) is 12.2. The minimum atomic E-state index is -3.82. The Kier molecular flexibility index (Phi) is 24.6. The van der Waals surface area contributed by atoms with Crippen LogP contribution in [0.2, 0.25) is 0 Å². The first kappa shape index (κ1) is 88.4. The van der Waals surface area contributed by atoms with Gasteiger partial charge in [0.2, 0.25) is 0 Å². The Morgan fingerprint density at radius 1 is 0.331 bits per heavy atom. The Balaban J connectivity index is 0.000000142. The summed E-state index contributed by atoms with van der Waals surface area (Å²) in [5.41, 5.74) is 22.0. The summed E-state index contributed by atoms with van der Waals surface area (Å²) in [6, 6.07) is 66.4. The summed E-state index contributed by atoms with van der Waals surface area (Å²) < 4.78 is 127. The first-order valence-electron chi connectivity index (χ1n) is 39.6. The lowest BCUT2D eigenvalue weighted by Gasteiger charge is -2.19. The smallest absolute Gasteiger partial charge is 0.263 e. The summed E-state index contributed by atoms with van der Waals surface area (Å²) >= 11 is 0. The minimum absolute atomic E-state index is 0.0547. The van der Waals surface area contributed by atoms with Gasteiger partial charge in [-0.05, 0) is 132 Å². The summed E-state index contributed by atoms with van der Waals surface area (Å²) in [4.78, 5) is 13.9. The van der Waals surface area contributed by atoms with E-state index in [0.717, 1.165) is 54.6 Å². The molecular weight excluding hydrogens is 1640 g/mol. The standard InChI is InChI=1S/C24H26N4O3S.2C23H25N5O2S.C22H23N5O2S/c1-16-14-22(27-32(29,30)18-12-10-17(11-13-18)24(2,3)4)28(26-16)23-20-9-7-6-8-19(20)21(31-5)15-25-23;1-15-13-22(27-31(29,30)17-11-9-16(10-12-17)23(2,3)4)28(26-15)20-14-21(24)25-19-8-6-5-7-18(19)20;1-15-13-21(27-31(29,30)17-11-9-16(10-12-17)23(2,3)4)28(26-15)20-14-25-22(24)19-8-6-5-7-18(19)20;1-15-13-21(26-30(28,29)17-11-9-16(10-12-17)22(2,3)4)27(25-15)20-14-23-24-19-8-6-5-7-18(19)20/h6-15,27H,1-5H3;2*5-14,27H,1-4H3,(H2,24,25);5-14,26H,1-4H3. The zero-order chi connectivity index (χ0) is 89.4. The molecule has 8 aromatic carbocycles. The number of benzene rings is 8. The highest BCUT2D eigenvalue weighted by molar-refractivity contribution is 7.93. The van der Waals surface area contributed by atoms with E-state index in [1.54, 1.807) is 139 Å². The monoisotopic (exact) mass is 1740 g/mol. The third kappa shape index (κ3) is 19.7. The van der Waals surface area contributed by atoms with Gasteiger partial charge in [0.1, 0.15) is 40.7 Å². The molecule has 0 spiro atoms. The number of nitrogens with zero attached hydrogens (tertiary/aromatic N) is 13. The molecule has 0 aliphatic heterocycles. The minimum Gasteiger partial charge on any atom is -0.494 e. The Morgan fingerprint density at radius 3 is 1.03 bits per heavy atom. The van der Waals surface area contributed by atoms with E-state index in [2.05, 4.69) is 148 Å². The number of hydrogen-bond acceptors (Lipinski definition) is 20. The molecule has 0 atom stereocenters. The molecule has 0 saturated carbocycles. The molecule has 0 aliphatic carbocycles. The molecule has 0 radical (unpaired) electrons. The van der Waals surface area contributed by atoms with Gasteiger partial charge in [0, 0.05) is 62.6 Å². The summed E-state index contributed by atoms with van der Waals surface area (Å²) in [6.45, 7) is 32.2. The van der Waals surface area contributed by atoms with E-state index in [9.17, 15) is 33.7 Å². The fraction of sp³-hybridized carbons (Fsp3) is 0.228. The number of nitrogen functional groups attached to an aromatic ring is 2. The molecule has 8 aromatic heterocycles. The van der Waals surface area contributed by atoms with E-state index in [0.29, 0.717) is 97.3 Å². The van der Waals surface area contributed by atoms with Gasteiger partial charge in [-0.25, -0.2) is 62.7 Å². The van der Waals surface area contributed by atoms with Gasteiger partial charge >= 0.3 is 0 Å². The van der Waals surface area contributed by atoms with Crippen molar-refractivity contribution < 1.29 is 38.4 Å². The molecule has 32 heteroatoms. The van der Waals surface area contributed by atoms with Gasteiger partial charge in [-0.1, -0.05) is 217 Å². The first-order valence-corrected chi connectivity index (χ1v) is 45.5. The van der Waals surface area contributed by atoms with Crippen molar-refractivity contribution in [1.29, 1.82) is 0 Å². The highest BCUT2D eigenvalue weighted by Crippen LogP contribution is 2.37.